The molecule has 0 nitrogen and oxygen atoms in total. The summed E-state index contributed by atoms with van der Waals surface area (Å²) < 4.78 is 0. The Labute approximate surface area is 63.7 Å². The van der Waals surface area contributed by atoms with Crippen molar-refractivity contribution in [3.05, 3.63) is 29.3 Å². The minimum atomic E-state index is 1.15. The Hall–Kier alpha value is -0.715. The van der Waals surface area contributed by atoms with Crippen LogP contribution in [0.3, 0.4) is 0 Å². The first kappa shape index (κ1) is 7.39. The molecule has 0 saturated heterocycles. The summed E-state index contributed by atoms with van der Waals surface area (Å²) in [5.74, 6) is 0. The Balaban J connectivity index is 3.14. The van der Waals surface area contributed by atoms with Crippen LogP contribution in [0.5, 0.6) is 0 Å². The van der Waals surface area contributed by atoms with Crippen molar-refractivity contribution in [3.63, 3.8) is 0 Å². The number of aryl methyl sites for hydroxylation is 2. The van der Waals surface area contributed by atoms with Crippen LogP contribution in [0.2, 0.25) is 0 Å². The van der Waals surface area contributed by atoms with Crippen LogP contribution in [0.15, 0.2) is 18.2 Å². The van der Waals surface area contributed by atoms with Gasteiger partial charge in [-0.25, -0.2) is 0 Å². The maximum Gasteiger partial charge on any atom is 0.139 e. The average Bonchev–Trinajstić information content (AvgIpc) is 1.95. The smallest absolute Gasteiger partial charge is 0.0830 e. The number of hydrogen-bond donors (Lipinski definition) is 0. The van der Waals surface area contributed by atoms with E-state index in [-0.39, 0.29) is 0 Å². The van der Waals surface area contributed by atoms with E-state index in [0.29, 0.717) is 0 Å². The van der Waals surface area contributed by atoms with Crippen LogP contribution in [0.25, 0.3) is 0 Å². The summed E-state index contributed by atoms with van der Waals surface area (Å²) in [5.41, 5.74) is 4.32. The second-order valence-corrected chi connectivity index (χ2v) is 2.71. The molecular weight excluding hydrogens is 119 g/mol. The lowest BCUT2D eigenvalue weighted by Crippen LogP contribution is -2.12. The molecule has 0 aliphatic carbocycles. The maximum atomic E-state index is 2.20. The summed E-state index contributed by atoms with van der Waals surface area (Å²) >= 11 is 0. The third-order valence-corrected chi connectivity index (χ3v) is 2.10. The highest BCUT2D eigenvalue weighted by Crippen LogP contribution is 1.99. The van der Waals surface area contributed by atoms with Gasteiger partial charge in [0.25, 0.3) is 0 Å². The first-order valence-electron chi connectivity index (χ1n) is 3.80. The Morgan fingerprint density at radius 3 is 2.60 bits per heavy atom. The fourth-order valence-corrected chi connectivity index (χ4v) is 1.19. The minimum Gasteiger partial charge on any atom is -0.0830 e. The molecule has 0 saturated carbocycles. The molecule has 1 rings (SSSR count). The second kappa shape index (κ2) is 2.91. The molecule has 1 aromatic carbocycles. The third kappa shape index (κ3) is 1.23. The van der Waals surface area contributed by atoms with E-state index in [4.69, 9.17) is 0 Å². The Bertz CT molecular complexity index is 228. The monoisotopic (exact) mass is 132 g/mol. The topological polar surface area (TPSA) is 0 Å². The van der Waals surface area contributed by atoms with Gasteiger partial charge >= 0.3 is 0 Å². The largest absolute Gasteiger partial charge is 0.139 e. The minimum absolute atomic E-state index is 1.15. The zero-order valence-corrected chi connectivity index (χ0v) is 6.94. The van der Waals surface area contributed by atoms with E-state index in [2.05, 4.69) is 39.9 Å². The highest BCUT2D eigenvalue weighted by Gasteiger charge is 1.95. The van der Waals surface area contributed by atoms with Crippen LogP contribution in [-0.2, 0) is 6.42 Å². The van der Waals surface area contributed by atoms with Crippen molar-refractivity contribution in [2.75, 3.05) is 0 Å². The highest BCUT2D eigenvalue weighted by atomic mass is 14.0. The summed E-state index contributed by atoms with van der Waals surface area (Å²) in [4.78, 5) is 0. The molecule has 0 atom stereocenters. The quantitative estimate of drug-likeness (QED) is 0.496. The van der Waals surface area contributed by atoms with Gasteiger partial charge in [0.05, 0.1) is 0 Å². The van der Waals surface area contributed by atoms with Crippen LogP contribution in [-0.4, -0.2) is 7.85 Å². The number of benzene rings is 1. The fourth-order valence-electron chi connectivity index (χ4n) is 1.19. The highest BCUT2D eigenvalue weighted by molar-refractivity contribution is 6.34. The second-order valence-electron chi connectivity index (χ2n) is 2.71. The van der Waals surface area contributed by atoms with Crippen molar-refractivity contribution in [1.29, 1.82) is 0 Å². The lowest BCUT2D eigenvalue weighted by molar-refractivity contribution is 1.15. The first-order valence-corrected chi connectivity index (χ1v) is 3.80. The van der Waals surface area contributed by atoms with Gasteiger partial charge in [-0.1, -0.05) is 41.7 Å². The normalized spacial score (nSPS) is 9.80. The number of hydrogen-bond acceptors (Lipinski definition) is 0. The van der Waals surface area contributed by atoms with E-state index in [1.165, 1.54) is 16.6 Å². The molecule has 0 radical (unpaired) electrons. The van der Waals surface area contributed by atoms with Crippen molar-refractivity contribution < 1.29 is 0 Å². The number of rotatable bonds is 1. The summed E-state index contributed by atoms with van der Waals surface area (Å²) in [7, 11) is 2.19. The molecule has 0 unspecified atom stereocenters. The van der Waals surface area contributed by atoms with Crippen LogP contribution in [0.4, 0.5) is 0 Å². The lowest BCUT2D eigenvalue weighted by atomic mass is 9.85. The van der Waals surface area contributed by atoms with E-state index < -0.39 is 0 Å². The first-order chi connectivity index (χ1) is 4.75. The van der Waals surface area contributed by atoms with Gasteiger partial charge in [-0.15, -0.1) is 0 Å². The summed E-state index contributed by atoms with van der Waals surface area (Å²) in [6.07, 6.45) is 1.15. The van der Waals surface area contributed by atoms with Crippen molar-refractivity contribution >= 4 is 13.3 Å². The van der Waals surface area contributed by atoms with Gasteiger partial charge in [-0.2, -0.15) is 0 Å². The van der Waals surface area contributed by atoms with Crippen molar-refractivity contribution in [1.82, 2.24) is 0 Å². The average molecular weight is 132 g/mol. The van der Waals surface area contributed by atoms with E-state index >= 15 is 0 Å². The van der Waals surface area contributed by atoms with E-state index in [1.54, 1.807) is 0 Å². The molecular formula is C9H13B. The Kier molecular flexibility index (Phi) is 2.15. The molecule has 0 N–H and O–H groups in total. The molecule has 52 valence electrons. The van der Waals surface area contributed by atoms with Gasteiger partial charge < -0.3 is 0 Å². The molecule has 0 amide bonds. The predicted octanol–water partition coefficient (Wildman–Crippen LogP) is 0.816. The molecule has 0 heterocycles. The molecule has 0 aliphatic rings. The molecule has 10 heavy (non-hydrogen) atoms. The molecule has 0 aliphatic heterocycles. The van der Waals surface area contributed by atoms with Crippen molar-refractivity contribution in [2.45, 2.75) is 20.3 Å². The van der Waals surface area contributed by atoms with E-state index in [9.17, 15) is 0 Å². The Morgan fingerprint density at radius 1 is 1.40 bits per heavy atom. The van der Waals surface area contributed by atoms with Gasteiger partial charge in [-0.3, -0.25) is 0 Å². The maximum absolute atomic E-state index is 2.20. The standard InChI is InChI=1S/C9H13B/c1-3-8-6-4-5-7(2)9(8)10/h4-6H,3,10H2,1-2H3. The molecule has 1 heteroatoms. The van der Waals surface area contributed by atoms with Gasteiger partial charge in [0.2, 0.25) is 0 Å². The third-order valence-electron chi connectivity index (χ3n) is 2.10. The van der Waals surface area contributed by atoms with Crippen LogP contribution < -0.4 is 5.46 Å². The van der Waals surface area contributed by atoms with E-state index in [0.717, 1.165) is 6.42 Å². The van der Waals surface area contributed by atoms with E-state index in [1.807, 2.05) is 0 Å². The molecule has 0 bridgehead atoms. The van der Waals surface area contributed by atoms with Gasteiger partial charge in [0, 0.05) is 0 Å². The van der Waals surface area contributed by atoms with Gasteiger partial charge in [-0.05, 0) is 13.3 Å². The van der Waals surface area contributed by atoms with Crippen molar-refractivity contribution in [2.24, 2.45) is 0 Å². The molecule has 0 spiro atoms. The SMILES string of the molecule is Bc1c(C)cccc1CC. The zero-order valence-electron chi connectivity index (χ0n) is 6.94. The van der Waals surface area contributed by atoms with Crippen LogP contribution in [0, 0.1) is 6.92 Å². The fraction of sp³-hybridized carbons (Fsp3) is 0.333. The molecule has 1 aromatic rings. The van der Waals surface area contributed by atoms with Gasteiger partial charge in [0.1, 0.15) is 7.85 Å². The molecule has 0 fully saturated rings. The zero-order chi connectivity index (χ0) is 7.56. The van der Waals surface area contributed by atoms with Gasteiger partial charge in [0.15, 0.2) is 0 Å². The summed E-state index contributed by atoms with van der Waals surface area (Å²) in [6.45, 7) is 4.36. The lowest BCUT2D eigenvalue weighted by Gasteiger charge is -2.04. The predicted molar refractivity (Wildman–Crippen MR) is 48.7 cm³/mol. The van der Waals surface area contributed by atoms with Crippen LogP contribution in [0.1, 0.15) is 18.1 Å². The molecule has 0 aromatic heterocycles. The van der Waals surface area contributed by atoms with Crippen molar-refractivity contribution in [3.8, 4) is 0 Å². The summed E-state index contributed by atoms with van der Waals surface area (Å²) in [6, 6.07) is 6.48. The van der Waals surface area contributed by atoms with Crippen LogP contribution >= 0.6 is 0 Å². The Morgan fingerprint density at radius 2 is 2.10 bits per heavy atom. The summed E-state index contributed by atoms with van der Waals surface area (Å²) in [5, 5.41) is 0.